The second-order valence-corrected chi connectivity index (χ2v) is 6.98. The Morgan fingerprint density at radius 1 is 0.800 bits per heavy atom. The summed E-state index contributed by atoms with van der Waals surface area (Å²) in [5.41, 5.74) is 0. The zero-order chi connectivity index (χ0) is 17.9. The molecular formula is C19H35N4O2. The largest absolute Gasteiger partial charge is 0.373 e. The van der Waals surface area contributed by atoms with Gasteiger partial charge in [-0.15, -0.1) is 13.2 Å². The minimum absolute atomic E-state index is 0.153. The SMILES string of the molecule is C=CCN1CCN(CCOC(C[O])CN2CCN(CC=C)CC2)CC1. The number of hydrogen-bond donors (Lipinski definition) is 0. The topological polar surface area (TPSA) is 42.1 Å². The predicted octanol–water partition coefficient (Wildman–Crippen LogP) is 0.409. The first-order valence-electron chi connectivity index (χ1n) is 9.56. The van der Waals surface area contributed by atoms with Gasteiger partial charge < -0.3 is 4.74 Å². The van der Waals surface area contributed by atoms with E-state index in [2.05, 4.69) is 32.8 Å². The Morgan fingerprint density at radius 3 is 1.76 bits per heavy atom. The maximum absolute atomic E-state index is 11.5. The fourth-order valence-electron chi connectivity index (χ4n) is 3.51. The van der Waals surface area contributed by atoms with Crippen LogP contribution in [-0.2, 0) is 9.84 Å². The molecule has 2 aliphatic heterocycles. The van der Waals surface area contributed by atoms with Crippen LogP contribution in [0, 0.1) is 0 Å². The predicted molar refractivity (Wildman–Crippen MR) is 101 cm³/mol. The van der Waals surface area contributed by atoms with Crippen LogP contribution in [0.4, 0.5) is 0 Å². The van der Waals surface area contributed by atoms with Crippen molar-refractivity contribution in [1.82, 2.24) is 19.6 Å². The summed E-state index contributed by atoms with van der Waals surface area (Å²) in [5, 5.41) is 11.5. The van der Waals surface area contributed by atoms with Gasteiger partial charge in [0.15, 0.2) is 0 Å². The molecule has 0 amide bonds. The Hall–Kier alpha value is -0.760. The van der Waals surface area contributed by atoms with Gasteiger partial charge >= 0.3 is 0 Å². The molecule has 2 heterocycles. The van der Waals surface area contributed by atoms with Crippen LogP contribution in [0.1, 0.15) is 0 Å². The second-order valence-electron chi connectivity index (χ2n) is 6.98. The van der Waals surface area contributed by atoms with Crippen molar-refractivity contribution in [2.45, 2.75) is 6.10 Å². The Labute approximate surface area is 153 Å². The summed E-state index contributed by atoms with van der Waals surface area (Å²) in [6, 6.07) is 0. The van der Waals surface area contributed by atoms with Crippen molar-refractivity contribution >= 4 is 0 Å². The quantitative estimate of drug-likeness (QED) is 0.505. The van der Waals surface area contributed by atoms with Crippen LogP contribution in [0.2, 0.25) is 0 Å². The van der Waals surface area contributed by atoms with E-state index in [1.165, 1.54) is 0 Å². The summed E-state index contributed by atoms with van der Waals surface area (Å²) in [6.45, 7) is 20.2. The van der Waals surface area contributed by atoms with Gasteiger partial charge in [-0.25, -0.2) is 5.11 Å². The molecule has 6 nitrogen and oxygen atoms in total. The monoisotopic (exact) mass is 351 g/mol. The van der Waals surface area contributed by atoms with Gasteiger partial charge in [-0.05, 0) is 0 Å². The summed E-state index contributed by atoms with van der Waals surface area (Å²) in [6.07, 6.45) is 3.73. The fourth-order valence-corrected chi connectivity index (χ4v) is 3.51. The van der Waals surface area contributed by atoms with Crippen LogP contribution < -0.4 is 0 Å². The first-order chi connectivity index (χ1) is 12.2. The summed E-state index contributed by atoms with van der Waals surface area (Å²) < 4.78 is 5.89. The standard InChI is InChI=1S/C19H35N4O2/c1-3-5-20-7-9-22(10-8-20)15-16-25-19(18-24)17-23-13-11-21(6-4-2)12-14-23/h3-4,19H,1-2,5-18H2. The van der Waals surface area contributed by atoms with Gasteiger partial charge in [-0.1, -0.05) is 12.2 Å². The molecule has 0 saturated carbocycles. The van der Waals surface area contributed by atoms with E-state index >= 15 is 0 Å². The first kappa shape index (κ1) is 20.6. The lowest BCUT2D eigenvalue weighted by atomic mass is 10.2. The van der Waals surface area contributed by atoms with Gasteiger partial charge in [0.05, 0.1) is 12.7 Å². The summed E-state index contributed by atoms with van der Waals surface area (Å²) in [4.78, 5) is 9.59. The third-order valence-electron chi connectivity index (χ3n) is 5.11. The van der Waals surface area contributed by atoms with Crippen LogP contribution in [-0.4, -0.2) is 117 Å². The number of rotatable bonds is 11. The molecule has 0 aromatic heterocycles. The number of hydrogen-bond acceptors (Lipinski definition) is 5. The van der Waals surface area contributed by atoms with E-state index in [1.54, 1.807) is 0 Å². The first-order valence-corrected chi connectivity index (χ1v) is 9.56. The highest BCUT2D eigenvalue weighted by atomic mass is 16.5. The Balaban J connectivity index is 1.58. The van der Waals surface area contributed by atoms with Crippen molar-refractivity contribution in [1.29, 1.82) is 0 Å². The molecule has 0 spiro atoms. The zero-order valence-corrected chi connectivity index (χ0v) is 15.7. The van der Waals surface area contributed by atoms with Gasteiger partial charge in [0.1, 0.15) is 6.61 Å². The van der Waals surface area contributed by atoms with E-state index in [-0.39, 0.29) is 12.7 Å². The lowest BCUT2D eigenvalue weighted by Crippen LogP contribution is -2.50. The van der Waals surface area contributed by atoms with Crippen molar-refractivity contribution in [2.24, 2.45) is 0 Å². The lowest BCUT2D eigenvalue weighted by Gasteiger charge is -2.36. The summed E-state index contributed by atoms with van der Waals surface area (Å²) in [7, 11) is 0. The second kappa shape index (κ2) is 11.8. The molecule has 25 heavy (non-hydrogen) atoms. The van der Waals surface area contributed by atoms with Crippen molar-refractivity contribution in [3.63, 3.8) is 0 Å². The molecule has 1 atom stereocenters. The van der Waals surface area contributed by atoms with Gasteiger partial charge in [-0.3, -0.25) is 19.6 Å². The fraction of sp³-hybridized carbons (Fsp3) is 0.789. The highest BCUT2D eigenvalue weighted by Crippen LogP contribution is 2.06. The maximum Gasteiger partial charge on any atom is 0.110 e. The van der Waals surface area contributed by atoms with E-state index in [9.17, 15) is 5.11 Å². The molecule has 2 aliphatic rings. The molecule has 2 saturated heterocycles. The highest BCUT2D eigenvalue weighted by Gasteiger charge is 2.21. The molecule has 1 unspecified atom stereocenters. The van der Waals surface area contributed by atoms with Gasteiger partial charge in [0, 0.05) is 78.5 Å². The Morgan fingerprint density at radius 2 is 1.28 bits per heavy atom. The molecule has 1 radical (unpaired) electrons. The highest BCUT2D eigenvalue weighted by molar-refractivity contribution is 4.80. The third-order valence-corrected chi connectivity index (χ3v) is 5.11. The molecule has 0 aromatic carbocycles. The lowest BCUT2D eigenvalue weighted by molar-refractivity contribution is -0.0400. The van der Waals surface area contributed by atoms with Crippen LogP contribution in [0.25, 0.3) is 0 Å². The minimum atomic E-state index is -0.187. The molecule has 0 aliphatic carbocycles. The Kier molecular flexibility index (Phi) is 9.68. The van der Waals surface area contributed by atoms with E-state index < -0.39 is 0 Å². The zero-order valence-electron chi connectivity index (χ0n) is 15.7. The average molecular weight is 352 g/mol. The van der Waals surface area contributed by atoms with Crippen LogP contribution >= 0.6 is 0 Å². The van der Waals surface area contributed by atoms with Gasteiger partial charge in [0.2, 0.25) is 0 Å². The molecule has 0 bridgehead atoms. The molecular weight excluding hydrogens is 316 g/mol. The molecule has 2 fully saturated rings. The smallest absolute Gasteiger partial charge is 0.110 e. The molecule has 6 heteroatoms. The average Bonchev–Trinajstić information content (AvgIpc) is 2.64. The third kappa shape index (κ3) is 7.56. The van der Waals surface area contributed by atoms with Crippen molar-refractivity contribution < 1.29 is 9.84 Å². The van der Waals surface area contributed by atoms with Gasteiger partial charge in [0.25, 0.3) is 0 Å². The summed E-state index contributed by atoms with van der Waals surface area (Å²) in [5.74, 6) is 0. The van der Waals surface area contributed by atoms with Crippen molar-refractivity contribution in [3.05, 3.63) is 25.3 Å². The molecule has 0 aromatic rings. The minimum Gasteiger partial charge on any atom is -0.373 e. The number of nitrogens with zero attached hydrogens (tertiary/aromatic N) is 4. The molecule has 0 N–H and O–H groups in total. The van der Waals surface area contributed by atoms with Crippen LogP contribution in [0.15, 0.2) is 25.3 Å². The van der Waals surface area contributed by atoms with Gasteiger partial charge in [-0.2, -0.15) is 0 Å². The Bertz CT molecular complexity index is 378. The van der Waals surface area contributed by atoms with Crippen molar-refractivity contribution in [3.8, 4) is 0 Å². The van der Waals surface area contributed by atoms with E-state index in [0.29, 0.717) is 6.61 Å². The van der Waals surface area contributed by atoms with Crippen molar-refractivity contribution in [2.75, 3.05) is 91.8 Å². The van der Waals surface area contributed by atoms with E-state index in [1.807, 2.05) is 12.2 Å². The maximum atomic E-state index is 11.5. The van der Waals surface area contributed by atoms with Crippen LogP contribution in [0.3, 0.4) is 0 Å². The molecule has 2 rings (SSSR count). The van der Waals surface area contributed by atoms with E-state index in [0.717, 1.165) is 78.5 Å². The normalized spacial score (nSPS) is 22.8. The number of ether oxygens (including phenoxy) is 1. The van der Waals surface area contributed by atoms with Crippen LogP contribution in [0.5, 0.6) is 0 Å². The van der Waals surface area contributed by atoms with E-state index in [4.69, 9.17) is 4.74 Å². The number of piperazine rings is 2. The molecule has 143 valence electrons. The summed E-state index contributed by atoms with van der Waals surface area (Å²) >= 11 is 0.